The number of hydrogen-bond donors (Lipinski definition) is 1. The van der Waals surface area contributed by atoms with Gasteiger partial charge in [0.2, 0.25) is 15.9 Å². The van der Waals surface area contributed by atoms with Gasteiger partial charge in [-0.15, -0.1) is 0 Å². The SMILES string of the molecule is CN(Cc1ccc(C(=O)NCCN2CCCC2=O)cc1)S(=O)(=O)c1ccccc1. The second-order valence-electron chi connectivity index (χ2n) is 7.01. The second kappa shape index (κ2) is 9.19. The normalized spacial score (nSPS) is 14.4. The summed E-state index contributed by atoms with van der Waals surface area (Å²) in [5.41, 5.74) is 1.28. The van der Waals surface area contributed by atoms with Crippen LogP contribution in [0, 0.1) is 0 Å². The van der Waals surface area contributed by atoms with E-state index < -0.39 is 10.0 Å². The Bertz CT molecular complexity index is 959. The average Bonchev–Trinajstić information content (AvgIpc) is 3.14. The maximum Gasteiger partial charge on any atom is 0.251 e. The van der Waals surface area contributed by atoms with Crippen LogP contribution in [0.5, 0.6) is 0 Å². The van der Waals surface area contributed by atoms with Crippen LogP contribution in [0.15, 0.2) is 59.5 Å². The van der Waals surface area contributed by atoms with Gasteiger partial charge >= 0.3 is 0 Å². The number of carbonyl (C=O) groups is 2. The molecular formula is C21H25N3O4S. The van der Waals surface area contributed by atoms with Crippen LogP contribution >= 0.6 is 0 Å². The van der Waals surface area contributed by atoms with Crippen molar-refractivity contribution in [2.75, 3.05) is 26.7 Å². The Hall–Kier alpha value is -2.71. The smallest absolute Gasteiger partial charge is 0.251 e. The van der Waals surface area contributed by atoms with Crippen molar-refractivity contribution in [1.82, 2.24) is 14.5 Å². The molecule has 0 saturated carbocycles. The molecule has 0 atom stereocenters. The van der Waals surface area contributed by atoms with Gasteiger partial charge in [-0.3, -0.25) is 9.59 Å². The number of nitrogens with zero attached hydrogens (tertiary/aromatic N) is 2. The van der Waals surface area contributed by atoms with Crippen molar-refractivity contribution in [2.24, 2.45) is 0 Å². The summed E-state index contributed by atoms with van der Waals surface area (Å²) in [6.07, 6.45) is 1.46. The Labute approximate surface area is 171 Å². The van der Waals surface area contributed by atoms with Crippen LogP contribution < -0.4 is 5.32 Å². The summed E-state index contributed by atoms with van der Waals surface area (Å²) >= 11 is 0. The summed E-state index contributed by atoms with van der Waals surface area (Å²) < 4.78 is 26.5. The maximum absolute atomic E-state index is 12.6. The third kappa shape index (κ3) is 5.21. The fourth-order valence-electron chi connectivity index (χ4n) is 3.22. The topological polar surface area (TPSA) is 86.8 Å². The molecule has 7 nitrogen and oxygen atoms in total. The highest BCUT2D eigenvalue weighted by atomic mass is 32.2. The Morgan fingerprint density at radius 2 is 1.79 bits per heavy atom. The fraction of sp³-hybridized carbons (Fsp3) is 0.333. The average molecular weight is 416 g/mol. The fourth-order valence-corrected chi connectivity index (χ4v) is 4.40. The molecule has 0 aromatic heterocycles. The number of carbonyl (C=O) groups excluding carboxylic acids is 2. The minimum absolute atomic E-state index is 0.137. The lowest BCUT2D eigenvalue weighted by Gasteiger charge is -2.17. The lowest BCUT2D eigenvalue weighted by atomic mass is 10.1. The summed E-state index contributed by atoms with van der Waals surface area (Å²) in [4.78, 5) is 25.8. The molecule has 0 radical (unpaired) electrons. The van der Waals surface area contributed by atoms with Crippen molar-refractivity contribution in [2.45, 2.75) is 24.3 Å². The first-order valence-electron chi connectivity index (χ1n) is 9.54. The Kier molecular flexibility index (Phi) is 6.66. The van der Waals surface area contributed by atoms with Gasteiger partial charge in [-0.25, -0.2) is 8.42 Å². The summed E-state index contributed by atoms with van der Waals surface area (Å²) in [6.45, 7) is 1.88. The van der Waals surface area contributed by atoms with Crippen molar-refractivity contribution in [3.05, 3.63) is 65.7 Å². The molecule has 1 N–H and O–H groups in total. The van der Waals surface area contributed by atoms with Gasteiger partial charge in [0, 0.05) is 45.2 Å². The lowest BCUT2D eigenvalue weighted by Crippen LogP contribution is -2.35. The summed E-state index contributed by atoms with van der Waals surface area (Å²) in [5.74, 6) is -0.0772. The van der Waals surface area contributed by atoms with Gasteiger partial charge < -0.3 is 10.2 Å². The molecule has 1 aliphatic heterocycles. The van der Waals surface area contributed by atoms with E-state index in [9.17, 15) is 18.0 Å². The minimum Gasteiger partial charge on any atom is -0.350 e. The molecule has 2 aromatic carbocycles. The highest BCUT2D eigenvalue weighted by Gasteiger charge is 2.21. The predicted octanol–water partition coefficient (Wildman–Crippen LogP) is 1.86. The molecule has 154 valence electrons. The zero-order valence-corrected chi connectivity index (χ0v) is 17.2. The minimum atomic E-state index is -3.57. The summed E-state index contributed by atoms with van der Waals surface area (Å²) in [7, 11) is -2.04. The first kappa shape index (κ1) is 21.0. The van der Waals surface area contributed by atoms with Crippen molar-refractivity contribution in [1.29, 1.82) is 0 Å². The van der Waals surface area contributed by atoms with Crippen molar-refractivity contribution >= 4 is 21.8 Å². The van der Waals surface area contributed by atoms with Crippen LogP contribution in [0.2, 0.25) is 0 Å². The zero-order valence-electron chi connectivity index (χ0n) is 16.4. The molecule has 0 aliphatic carbocycles. The summed E-state index contributed by atoms with van der Waals surface area (Å²) in [5, 5.41) is 2.81. The van der Waals surface area contributed by atoms with E-state index in [1.165, 1.54) is 11.4 Å². The molecule has 1 saturated heterocycles. The molecule has 8 heteroatoms. The van der Waals surface area contributed by atoms with E-state index in [0.717, 1.165) is 18.5 Å². The molecular weight excluding hydrogens is 390 g/mol. The van der Waals surface area contributed by atoms with Crippen molar-refractivity contribution in [3.63, 3.8) is 0 Å². The first-order valence-corrected chi connectivity index (χ1v) is 11.0. The standard InChI is InChI=1S/C21H25N3O4S/c1-23(29(27,28)19-6-3-2-4-7-19)16-17-9-11-18(12-10-17)21(26)22-13-15-24-14-5-8-20(24)25/h2-4,6-7,9-12H,5,8,13-16H2,1H3,(H,22,26). The summed E-state index contributed by atoms with van der Waals surface area (Å²) in [6, 6.07) is 15.1. The van der Waals surface area contributed by atoms with Crippen LogP contribution in [0.3, 0.4) is 0 Å². The number of hydrogen-bond acceptors (Lipinski definition) is 4. The van der Waals surface area contributed by atoms with Gasteiger partial charge in [0.25, 0.3) is 5.91 Å². The van der Waals surface area contributed by atoms with Crippen LogP contribution in [0.25, 0.3) is 0 Å². The maximum atomic E-state index is 12.6. The van der Waals surface area contributed by atoms with Gasteiger partial charge in [0.05, 0.1) is 4.90 Å². The van der Waals surface area contributed by atoms with Crippen LogP contribution in [-0.2, 0) is 21.4 Å². The van der Waals surface area contributed by atoms with E-state index in [2.05, 4.69) is 5.32 Å². The van der Waals surface area contributed by atoms with Gasteiger partial charge in [-0.05, 0) is 36.2 Å². The molecule has 1 heterocycles. The molecule has 0 spiro atoms. The number of amides is 2. The van der Waals surface area contributed by atoms with Gasteiger partial charge in [-0.1, -0.05) is 30.3 Å². The number of nitrogens with one attached hydrogen (secondary N) is 1. The number of rotatable bonds is 8. The third-order valence-electron chi connectivity index (χ3n) is 4.91. The monoisotopic (exact) mass is 415 g/mol. The molecule has 3 rings (SSSR count). The van der Waals surface area contributed by atoms with Gasteiger partial charge in [0.15, 0.2) is 0 Å². The number of sulfonamides is 1. The van der Waals surface area contributed by atoms with E-state index in [-0.39, 0.29) is 23.3 Å². The van der Waals surface area contributed by atoms with E-state index in [0.29, 0.717) is 25.1 Å². The molecule has 1 aliphatic rings. The number of benzene rings is 2. The highest BCUT2D eigenvalue weighted by Crippen LogP contribution is 2.16. The van der Waals surface area contributed by atoms with Crippen molar-refractivity contribution < 1.29 is 18.0 Å². The van der Waals surface area contributed by atoms with Crippen molar-refractivity contribution in [3.8, 4) is 0 Å². The highest BCUT2D eigenvalue weighted by molar-refractivity contribution is 7.89. The number of likely N-dealkylation sites (tertiary alicyclic amines) is 1. The van der Waals surface area contributed by atoms with E-state index >= 15 is 0 Å². The van der Waals surface area contributed by atoms with E-state index in [1.54, 1.807) is 59.5 Å². The second-order valence-corrected chi connectivity index (χ2v) is 9.06. The van der Waals surface area contributed by atoms with Crippen LogP contribution in [-0.4, -0.2) is 56.1 Å². The largest absolute Gasteiger partial charge is 0.350 e. The van der Waals surface area contributed by atoms with E-state index in [4.69, 9.17) is 0 Å². The molecule has 1 fully saturated rings. The van der Waals surface area contributed by atoms with Gasteiger partial charge in [-0.2, -0.15) is 4.31 Å². The zero-order chi connectivity index (χ0) is 20.9. The Balaban J connectivity index is 1.54. The first-order chi connectivity index (χ1) is 13.9. The predicted molar refractivity (Wildman–Crippen MR) is 110 cm³/mol. The Morgan fingerprint density at radius 3 is 2.41 bits per heavy atom. The third-order valence-corrected chi connectivity index (χ3v) is 6.73. The molecule has 0 bridgehead atoms. The molecule has 2 amide bonds. The van der Waals surface area contributed by atoms with Crippen LogP contribution in [0.4, 0.5) is 0 Å². The molecule has 2 aromatic rings. The van der Waals surface area contributed by atoms with E-state index in [1.807, 2.05) is 0 Å². The Morgan fingerprint density at radius 1 is 1.10 bits per heavy atom. The lowest BCUT2D eigenvalue weighted by molar-refractivity contribution is -0.127. The molecule has 0 unspecified atom stereocenters. The quantitative estimate of drug-likeness (QED) is 0.713. The molecule has 29 heavy (non-hydrogen) atoms. The van der Waals surface area contributed by atoms with Gasteiger partial charge in [0.1, 0.15) is 0 Å². The van der Waals surface area contributed by atoms with Crippen LogP contribution in [0.1, 0.15) is 28.8 Å².